The molecule has 0 spiro atoms. The summed E-state index contributed by atoms with van der Waals surface area (Å²) in [6.07, 6.45) is 0. The number of aromatic amines is 1. The molecule has 0 amide bonds. The molecule has 0 aromatic carbocycles. The highest BCUT2D eigenvalue weighted by Gasteiger charge is 2.02. The van der Waals surface area contributed by atoms with Gasteiger partial charge in [0.1, 0.15) is 0 Å². The Kier molecular flexibility index (Phi) is 3.44. The lowest BCUT2D eigenvalue weighted by Gasteiger charge is -1.88. The summed E-state index contributed by atoms with van der Waals surface area (Å²) < 4.78 is 1.15. The smallest absolute Gasteiger partial charge is 0.328 e. The number of H-pyrrole nitrogens is 1. The standard InChI is InChI=1S/C5H8N2O2.C2H6/c1-3-4(8)7(2)5(9)6-3;1-2/h8H,1-2H3,(H,6,9);1-2H3. The molecule has 11 heavy (non-hydrogen) atoms. The van der Waals surface area contributed by atoms with Crippen LogP contribution in [0.2, 0.25) is 0 Å². The summed E-state index contributed by atoms with van der Waals surface area (Å²) in [5.74, 6) is 0.000000000000000222. The fraction of sp³-hybridized carbons (Fsp3) is 0.571. The number of nitrogens with zero attached hydrogens (tertiary/aromatic N) is 1. The Hall–Kier alpha value is -1.19. The van der Waals surface area contributed by atoms with Crippen molar-refractivity contribution in [1.82, 2.24) is 9.55 Å². The van der Waals surface area contributed by atoms with Crippen LogP contribution in [0.4, 0.5) is 0 Å². The third-order valence-corrected chi connectivity index (χ3v) is 1.25. The number of nitrogens with one attached hydrogen (secondary N) is 1. The van der Waals surface area contributed by atoms with E-state index in [2.05, 4.69) is 4.98 Å². The van der Waals surface area contributed by atoms with Crippen molar-refractivity contribution in [3.8, 4) is 5.88 Å². The van der Waals surface area contributed by atoms with Crippen LogP contribution in [-0.2, 0) is 7.05 Å². The van der Waals surface area contributed by atoms with Crippen molar-refractivity contribution in [2.45, 2.75) is 20.8 Å². The van der Waals surface area contributed by atoms with Crippen molar-refractivity contribution in [3.63, 3.8) is 0 Å². The van der Waals surface area contributed by atoms with E-state index >= 15 is 0 Å². The van der Waals surface area contributed by atoms with Gasteiger partial charge in [0, 0.05) is 7.05 Å². The lowest BCUT2D eigenvalue weighted by atomic mass is 10.5. The second-order valence-corrected chi connectivity index (χ2v) is 1.94. The SMILES string of the molecule is CC.Cc1[nH]c(=O)n(C)c1O. The molecule has 0 fully saturated rings. The highest BCUT2D eigenvalue weighted by Crippen LogP contribution is 2.06. The molecule has 64 valence electrons. The van der Waals surface area contributed by atoms with Gasteiger partial charge in [-0.1, -0.05) is 13.8 Å². The molecule has 1 aromatic rings. The van der Waals surface area contributed by atoms with E-state index < -0.39 is 0 Å². The minimum atomic E-state index is -0.287. The van der Waals surface area contributed by atoms with Crippen molar-refractivity contribution in [3.05, 3.63) is 16.2 Å². The van der Waals surface area contributed by atoms with Crippen molar-refractivity contribution in [1.29, 1.82) is 0 Å². The van der Waals surface area contributed by atoms with E-state index in [0.29, 0.717) is 5.69 Å². The molecule has 0 unspecified atom stereocenters. The van der Waals surface area contributed by atoms with Gasteiger partial charge in [-0.3, -0.25) is 4.57 Å². The largest absolute Gasteiger partial charge is 0.493 e. The average Bonchev–Trinajstić information content (AvgIpc) is 2.22. The zero-order valence-corrected chi connectivity index (χ0v) is 7.30. The summed E-state index contributed by atoms with van der Waals surface area (Å²) in [6.45, 7) is 5.64. The van der Waals surface area contributed by atoms with E-state index in [4.69, 9.17) is 5.11 Å². The zero-order chi connectivity index (χ0) is 9.02. The quantitative estimate of drug-likeness (QED) is 0.585. The predicted molar refractivity (Wildman–Crippen MR) is 43.8 cm³/mol. The molecule has 0 aliphatic heterocycles. The molecule has 0 bridgehead atoms. The summed E-state index contributed by atoms with van der Waals surface area (Å²) in [5, 5.41) is 8.96. The van der Waals surface area contributed by atoms with E-state index in [1.165, 1.54) is 7.05 Å². The van der Waals surface area contributed by atoms with Crippen molar-refractivity contribution >= 4 is 0 Å². The van der Waals surface area contributed by atoms with Gasteiger partial charge in [0.15, 0.2) is 0 Å². The van der Waals surface area contributed by atoms with Crippen LogP contribution in [0.25, 0.3) is 0 Å². The van der Waals surface area contributed by atoms with Gasteiger partial charge >= 0.3 is 5.69 Å². The average molecular weight is 158 g/mol. The molecule has 0 aliphatic rings. The first kappa shape index (κ1) is 9.81. The monoisotopic (exact) mass is 158 g/mol. The zero-order valence-electron chi connectivity index (χ0n) is 7.30. The number of hydrogen-bond donors (Lipinski definition) is 2. The number of aryl methyl sites for hydroxylation is 1. The molecular weight excluding hydrogens is 144 g/mol. The Morgan fingerprint density at radius 2 is 1.91 bits per heavy atom. The van der Waals surface area contributed by atoms with Crippen molar-refractivity contribution in [2.75, 3.05) is 0 Å². The van der Waals surface area contributed by atoms with Crippen LogP contribution in [0.1, 0.15) is 19.5 Å². The molecule has 0 aliphatic carbocycles. The molecular formula is C7H14N2O2. The molecule has 0 radical (unpaired) electrons. The van der Waals surface area contributed by atoms with Crippen molar-refractivity contribution < 1.29 is 5.11 Å². The summed E-state index contributed by atoms with van der Waals surface area (Å²) in [6, 6.07) is 0. The van der Waals surface area contributed by atoms with Crippen LogP contribution in [0, 0.1) is 6.92 Å². The highest BCUT2D eigenvalue weighted by molar-refractivity contribution is 5.15. The van der Waals surface area contributed by atoms with Gasteiger partial charge in [0.05, 0.1) is 5.69 Å². The first-order chi connectivity index (χ1) is 5.13. The van der Waals surface area contributed by atoms with E-state index in [-0.39, 0.29) is 11.6 Å². The Labute approximate surface area is 65.5 Å². The molecule has 1 heterocycles. The minimum absolute atomic E-state index is 0.000000000000000222. The van der Waals surface area contributed by atoms with E-state index in [1.54, 1.807) is 6.92 Å². The third-order valence-electron chi connectivity index (χ3n) is 1.25. The fourth-order valence-electron chi connectivity index (χ4n) is 0.648. The Morgan fingerprint density at radius 1 is 1.45 bits per heavy atom. The topological polar surface area (TPSA) is 58.0 Å². The fourth-order valence-corrected chi connectivity index (χ4v) is 0.648. The van der Waals surface area contributed by atoms with E-state index in [9.17, 15) is 4.79 Å². The van der Waals surface area contributed by atoms with Crippen LogP contribution >= 0.6 is 0 Å². The third kappa shape index (κ3) is 1.86. The normalized spacial score (nSPS) is 8.73. The molecule has 0 atom stereocenters. The van der Waals surface area contributed by atoms with Crippen molar-refractivity contribution in [2.24, 2.45) is 7.05 Å². The highest BCUT2D eigenvalue weighted by atomic mass is 16.3. The first-order valence-electron chi connectivity index (χ1n) is 3.57. The Bertz CT molecular complexity index is 272. The Balaban J connectivity index is 0.000000461. The van der Waals surface area contributed by atoms with Gasteiger partial charge in [-0.25, -0.2) is 4.79 Å². The molecule has 4 nitrogen and oxygen atoms in total. The molecule has 0 saturated carbocycles. The molecule has 2 N–H and O–H groups in total. The van der Waals surface area contributed by atoms with E-state index in [1.807, 2.05) is 13.8 Å². The van der Waals surface area contributed by atoms with Gasteiger partial charge in [0.25, 0.3) is 0 Å². The molecule has 1 aromatic heterocycles. The Morgan fingerprint density at radius 3 is 2.00 bits per heavy atom. The lowest BCUT2D eigenvalue weighted by Crippen LogP contribution is -2.11. The number of aromatic nitrogens is 2. The number of hydrogen-bond acceptors (Lipinski definition) is 2. The second-order valence-electron chi connectivity index (χ2n) is 1.94. The summed E-state index contributed by atoms with van der Waals surface area (Å²) in [5.41, 5.74) is 0.215. The summed E-state index contributed by atoms with van der Waals surface area (Å²) in [7, 11) is 1.50. The minimum Gasteiger partial charge on any atom is -0.493 e. The molecule has 0 saturated heterocycles. The maximum atomic E-state index is 10.6. The van der Waals surface area contributed by atoms with Gasteiger partial charge < -0.3 is 10.1 Å². The molecule has 4 heteroatoms. The van der Waals surface area contributed by atoms with Gasteiger partial charge in [-0.2, -0.15) is 0 Å². The number of rotatable bonds is 0. The van der Waals surface area contributed by atoms with Crippen LogP contribution in [-0.4, -0.2) is 14.7 Å². The second kappa shape index (κ2) is 3.85. The van der Waals surface area contributed by atoms with Gasteiger partial charge in [-0.05, 0) is 6.92 Å². The van der Waals surface area contributed by atoms with Crippen LogP contribution in [0.15, 0.2) is 4.79 Å². The van der Waals surface area contributed by atoms with Crippen LogP contribution in [0.3, 0.4) is 0 Å². The molecule has 1 rings (SSSR count). The van der Waals surface area contributed by atoms with Crippen LogP contribution in [0.5, 0.6) is 5.88 Å². The first-order valence-corrected chi connectivity index (χ1v) is 3.57. The number of aromatic hydroxyl groups is 1. The predicted octanol–water partition coefficient (Wildman–Crippen LogP) is 0.754. The summed E-state index contributed by atoms with van der Waals surface area (Å²) >= 11 is 0. The van der Waals surface area contributed by atoms with E-state index in [0.717, 1.165) is 4.57 Å². The lowest BCUT2D eigenvalue weighted by molar-refractivity contribution is 0.426. The number of imidazole rings is 1. The maximum absolute atomic E-state index is 10.6. The maximum Gasteiger partial charge on any atom is 0.328 e. The van der Waals surface area contributed by atoms with Gasteiger partial charge in [-0.15, -0.1) is 0 Å². The van der Waals surface area contributed by atoms with Crippen LogP contribution < -0.4 is 5.69 Å². The summed E-state index contributed by atoms with van der Waals surface area (Å²) in [4.78, 5) is 13.0. The van der Waals surface area contributed by atoms with Gasteiger partial charge in [0.2, 0.25) is 5.88 Å².